The van der Waals surface area contributed by atoms with Crippen LogP contribution in [0.2, 0.25) is 0 Å². The summed E-state index contributed by atoms with van der Waals surface area (Å²) in [7, 11) is 0. The second-order valence-corrected chi connectivity index (χ2v) is 10.3. The number of aliphatic hydroxyl groups excluding tert-OH is 1. The lowest BCUT2D eigenvalue weighted by Gasteiger charge is -2.29. The number of anilines is 1. The van der Waals surface area contributed by atoms with Gasteiger partial charge in [0.2, 0.25) is 5.91 Å². The first-order valence-electron chi connectivity index (χ1n) is 11.7. The third-order valence-electron chi connectivity index (χ3n) is 6.41. The Bertz CT molecular complexity index is 1390. The number of rotatable bonds is 5. The van der Waals surface area contributed by atoms with Gasteiger partial charge < -0.3 is 15.3 Å². The summed E-state index contributed by atoms with van der Waals surface area (Å²) in [6.45, 7) is 1.00. The van der Waals surface area contributed by atoms with Crippen molar-refractivity contribution in [2.45, 2.75) is 44.2 Å². The van der Waals surface area contributed by atoms with Gasteiger partial charge in [0, 0.05) is 36.3 Å². The van der Waals surface area contributed by atoms with Crippen LogP contribution in [0, 0.1) is 0 Å². The van der Waals surface area contributed by atoms with Crippen molar-refractivity contribution >= 4 is 46.6 Å². The number of carbonyl (C=O) groups excluding carboxylic acids is 3. The topological polar surface area (TPSA) is 129 Å². The van der Waals surface area contributed by atoms with Crippen molar-refractivity contribution in [1.29, 1.82) is 0 Å². The minimum absolute atomic E-state index is 0.0324. The number of hydrogen-bond donors (Lipinski definition) is 3. The normalized spacial score (nSPS) is 21.7. The molecule has 6 rings (SSSR count). The highest BCUT2D eigenvalue weighted by atomic mass is 32.1. The zero-order chi connectivity index (χ0) is 24.1. The van der Waals surface area contributed by atoms with Crippen LogP contribution >= 0.6 is 11.3 Å². The van der Waals surface area contributed by atoms with E-state index in [1.165, 1.54) is 11.3 Å². The molecule has 2 saturated heterocycles. The first kappa shape index (κ1) is 21.9. The summed E-state index contributed by atoms with van der Waals surface area (Å²) >= 11 is 1.37. The van der Waals surface area contributed by atoms with Gasteiger partial charge in [0.05, 0.1) is 34.2 Å². The van der Waals surface area contributed by atoms with Crippen LogP contribution in [-0.2, 0) is 9.59 Å². The quantitative estimate of drug-likeness (QED) is 0.367. The van der Waals surface area contributed by atoms with E-state index in [-0.39, 0.29) is 18.2 Å². The van der Waals surface area contributed by atoms with E-state index < -0.39 is 12.0 Å². The Balaban J connectivity index is 1.37. The van der Waals surface area contributed by atoms with Crippen molar-refractivity contribution in [2.75, 3.05) is 18.4 Å². The third-order valence-corrected chi connectivity index (χ3v) is 7.50. The monoisotopic (exact) mass is 492 g/mol. The Morgan fingerprint density at radius 1 is 1.26 bits per heavy atom. The van der Waals surface area contributed by atoms with Crippen molar-refractivity contribution < 1.29 is 19.5 Å². The minimum Gasteiger partial charge on any atom is -0.391 e. The average molecular weight is 493 g/mol. The van der Waals surface area contributed by atoms with Crippen LogP contribution in [-0.4, -0.2) is 67.6 Å². The summed E-state index contributed by atoms with van der Waals surface area (Å²) in [5.74, 6) is -0.0147. The Labute approximate surface area is 204 Å². The van der Waals surface area contributed by atoms with Gasteiger partial charge in [-0.25, -0.2) is 4.98 Å². The fourth-order valence-electron chi connectivity index (χ4n) is 4.44. The molecule has 0 radical (unpaired) electrons. The van der Waals surface area contributed by atoms with Crippen molar-refractivity contribution in [3.63, 3.8) is 0 Å². The summed E-state index contributed by atoms with van der Waals surface area (Å²) < 4.78 is 1.71. The number of likely N-dealkylation sites (tertiary alicyclic amines) is 1. The zero-order valence-electron chi connectivity index (χ0n) is 18.9. The molecule has 0 bridgehead atoms. The van der Waals surface area contributed by atoms with E-state index in [0.717, 1.165) is 36.4 Å². The number of β-amino-alcohol motifs (C(OH)–C–C–N with tert-alkyl or cyclic N) is 1. The van der Waals surface area contributed by atoms with Crippen molar-refractivity contribution in [1.82, 2.24) is 24.8 Å². The molecule has 1 atom stereocenters. The van der Waals surface area contributed by atoms with Crippen LogP contribution in [0.5, 0.6) is 0 Å². The summed E-state index contributed by atoms with van der Waals surface area (Å²) in [5.41, 5.74) is 2.27. The Morgan fingerprint density at radius 3 is 2.86 bits per heavy atom. The van der Waals surface area contributed by atoms with Crippen molar-refractivity contribution in [3.8, 4) is 10.6 Å². The number of aliphatic hydroxyl groups is 1. The maximum atomic E-state index is 13.0. The molecule has 3 aromatic rings. The predicted molar refractivity (Wildman–Crippen MR) is 130 cm³/mol. The number of amides is 3. The molecular formula is C24H24N6O4S. The van der Waals surface area contributed by atoms with Crippen LogP contribution in [0.1, 0.15) is 47.3 Å². The van der Waals surface area contributed by atoms with Crippen LogP contribution < -0.4 is 10.6 Å². The van der Waals surface area contributed by atoms with E-state index >= 15 is 0 Å². The molecule has 10 nitrogen and oxygen atoms in total. The molecule has 35 heavy (non-hydrogen) atoms. The number of hydrogen-bond acceptors (Lipinski definition) is 8. The molecular weight excluding hydrogens is 468 g/mol. The molecule has 1 saturated carbocycles. The smallest absolute Gasteiger partial charge is 0.264 e. The number of nitrogens with one attached hydrogen (secondary N) is 2. The molecule has 3 aliphatic rings. The number of thiophene rings is 1. The second-order valence-electron chi connectivity index (χ2n) is 9.22. The van der Waals surface area contributed by atoms with E-state index in [0.29, 0.717) is 46.5 Å². The van der Waals surface area contributed by atoms with Crippen LogP contribution in [0.3, 0.4) is 0 Å². The molecule has 1 aliphatic carbocycles. The lowest BCUT2D eigenvalue weighted by atomic mass is 10.1. The fraction of sp³-hybridized carbons (Fsp3) is 0.375. The molecule has 3 amide bonds. The predicted octanol–water partition coefficient (Wildman–Crippen LogP) is 2.06. The van der Waals surface area contributed by atoms with Gasteiger partial charge in [-0.1, -0.05) is 0 Å². The fourth-order valence-corrected chi connectivity index (χ4v) is 5.38. The summed E-state index contributed by atoms with van der Waals surface area (Å²) in [4.78, 5) is 44.6. The van der Waals surface area contributed by atoms with Crippen LogP contribution in [0.4, 0.5) is 5.82 Å². The number of carbonyl (C=O) groups is 3. The molecule has 0 aromatic carbocycles. The number of nitrogens with zero attached hydrogens (tertiary/aromatic N) is 4. The standard InChI is InChI=1S/C24H24N6O4S/c31-16-2-1-7-29(12-16)24(34)19-6-5-18(35-19)17-10-20(26-15-3-4-15)30-22(27-17)14(11-25-30)8-13-9-21(32)28-23(13)33/h5-6,8,10-11,15-16,26,31H,1-4,7,9,12H2,(H,28,32,33)/b13-8+. The lowest BCUT2D eigenvalue weighted by Crippen LogP contribution is -2.41. The van der Waals surface area contributed by atoms with E-state index in [1.807, 2.05) is 12.1 Å². The largest absolute Gasteiger partial charge is 0.391 e. The highest BCUT2D eigenvalue weighted by Gasteiger charge is 2.27. The molecule has 5 heterocycles. The van der Waals surface area contributed by atoms with Gasteiger partial charge in [-0.2, -0.15) is 9.61 Å². The average Bonchev–Trinajstić information content (AvgIpc) is 3.22. The van der Waals surface area contributed by atoms with Gasteiger partial charge in [-0.05, 0) is 43.9 Å². The highest BCUT2D eigenvalue weighted by Crippen LogP contribution is 2.33. The molecule has 180 valence electrons. The molecule has 3 aromatic heterocycles. The van der Waals surface area contributed by atoms with Crippen LogP contribution in [0.25, 0.3) is 22.3 Å². The van der Waals surface area contributed by atoms with Gasteiger partial charge in [-0.3, -0.25) is 19.7 Å². The number of piperidine rings is 1. The second kappa shape index (κ2) is 8.58. The zero-order valence-corrected chi connectivity index (χ0v) is 19.7. The maximum Gasteiger partial charge on any atom is 0.264 e. The molecule has 2 aliphatic heterocycles. The Kier molecular flexibility index (Phi) is 5.37. The summed E-state index contributed by atoms with van der Waals surface area (Å²) in [6, 6.07) is 5.99. The van der Waals surface area contributed by atoms with Gasteiger partial charge in [-0.15, -0.1) is 11.3 Å². The molecule has 11 heteroatoms. The lowest BCUT2D eigenvalue weighted by molar-refractivity contribution is -0.124. The number of aromatic nitrogens is 3. The summed E-state index contributed by atoms with van der Waals surface area (Å²) in [5, 5.41) is 20.2. The maximum absolute atomic E-state index is 13.0. The van der Waals surface area contributed by atoms with Gasteiger partial charge >= 0.3 is 0 Å². The first-order chi connectivity index (χ1) is 16.9. The van der Waals surface area contributed by atoms with Gasteiger partial charge in [0.25, 0.3) is 11.8 Å². The molecule has 3 fully saturated rings. The van der Waals surface area contributed by atoms with Crippen molar-refractivity contribution in [3.05, 3.63) is 40.4 Å². The molecule has 3 N–H and O–H groups in total. The van der Waals surface area contributed by atoms with Crippen molar-refractivity contribution in [2.24, 2.45) is 0 Å². The SMILES string of the molecule is O=C1C/C(=C\c2cnn3c(NC4CC4)cc(-c4ccc(C(=O)N5CCCC(O)C5)s4)nc23)C(=O)N1. The van der Waals surface area contributed by atoms with E-state index in [1.54, 1.807) is 27.8 Å². The molecule has 1 unspecified atom stereocenters. The van der Waals surface area contributed by atoms with E-state index in [9.17, 15) is 19.5 Å². The van der Waals surface area contributed by atoms with Crippen LogP contribution in [0.15, 0.2) is 30.0 Å². The Hall–Kier alpha value is -3.57. The van der Waals surface area contributed by atoms with E-state index in [2.05, 4.69) is 15.7 Å². The Morgan fingerprint density at radius 2 is 2.11 bits per heavy atom. The van der Waals surface area contributed by atoms with Gasteiger partial charge in [0.1, 0.15) is 5.82 Å². The minimum atomic E-state index is -0.473. The summed E-state index contributed by atoms with van der Waals surface area (Å²) in [6.07, 6.45) is 6.54. The first-order valence-corrected chi connectivity index (χ1v) is 12.5. The van der Waals surface area contributed by atoms with Gasteiger partial charge in [0.15, 0.2) is 5.65 Å². The third kappa shape index (κ3) is 4.32. The number of fused-ring (bicyclic) bond motifs is 1. The van der Waals surface area contributed by atoms with E-state index in [4.69, 9.17) is 4.98 Å². The number of imide groups is 1. The molecule has 0 spiro atoms. The highest BCUT2D eigenvalue weighted by molar-refractivity contribution is 7.17.